The Bertz CT molecular complexity index is 2280. The van der Waals surface area contributed by atoms with Crippen molar-refractivity contribution >= 4 is 21.8 Å². The van der Waals surface area contributed by atoms with Gasteiger partial charge in [0.25, 0.3) is 0 Å². The molecule has 0 amide bonds. The van der Waals surface area contributed by atoms with Gasteiger partial charge in [-0.2, -0.15) is 11.2 Å². The first-order valence-corrected chi connectivity index (χ1v) is 16.3. The van der Waals surface area contributed by atoms with Crippen LogP contribution in [0, 0.1) is 39.8 Å². The molecule has 5 nitrogen and oxygen atoms in total. The smallest absolute Gasteiger partial charge is 0.509 e. The fraction of sp³-hybridized carbons (Fsp3) is 0.238. The first-order valence-electron chi connectivity index (χ1n) is 16.3. The number of fused-ring (bicyclic) bond motifs is 3. The van der Waals surface area contributed by atoms with Crippen molar-refractivity contribution in [1.29, 1.82) is 0 Å². The van der Waals surface area contributed by atoms with Crippen molar-refractivity contribution in [3.8, 4) is 34.1 Å². The second-order valence-electron chi connectivity index (χ2n) is 13.5. The SMILES string of the molecule is CCc1ccnc(-n2c3[c-]c(Oc4[c-]c(-n5nc(C)c(-c6c(C)cccc6C)c5C)cc(C(C)(C)C)c4)ccc3c3ccccc32)c1.[Pd+2]. The third-order valence-corrected chi connectivity index (χ3v) is 9.17. The van der Waals surface area contributed by atoms with E-state index in [1.807, 2.05) is 16.9 Å². The molecule has 48 heavy (non-hydrogen) atoms. The number of rotatable bonds is 6. The third kappa shape index (κ3) is 5.89. The van der Waals surface area contributed by atoms with Crippen molar-refractivity contribution in [2.24, 2.45) is 0 Å². The van der Waals surface area contributed by atoms with Crippen molar-refractivity contribution in [3.05, 3.63) is 131 Å². The molecule has 0 saturated heterocycles. The molecule has 3 aromatic heterocycles. The molecule has 3 heterocycles. The maximum Gasteiger partial charge on any atom is 2.00 e. The van der Waals surface area contributed by atoms with Gasteiger partial charge >= 0.3 is 20.4 Å². The Morgan fingerprint density at radius 3 is 2.25 bits per heavy atom. The quantitative estimate of drug-likeness (QED) is 0.127. The molecular weight excluding hydrogens is 683 g/mol. The van der Waals surface area contributed by atoms with Crippen LogP contribution in [-0.4, -0.2) is 19.3 Å². The van der Waals surface area contributed by atoms with Gasteiger partial charge < -0.3 is 9.30 Å². The molecule has 0 N–H and O–H groups in total. The van der Waals surface area contributed by atoms with Crippen LogP contribution >= 0.6 is 0 Å². The van der Waals surface area contributed by atoms with Gasteiger partial charge in [0.15, 0.2) is 0 Å². The van der Waals surface area contributed by atoms with E-state index in [1.165, 1.54) is 27.8 Å². The van der Waals surface area contributed by atoms with Crippen LogP contribution < -0.4 is 4.74 Å². The Hall–Kier alpha value is -4.50. The zero-order valence-corrected chi connectivity index (χ0v) is 30.4. The second-order valence-corrected chi connectivity index (χ2v) is 13.5. The number of nitrogens with zero attached hydrogens (tertiary/aromatic N) is 4. The van der Waals surface area contributed by atoms with E-state index in [9.17, 15) is 0 Å². The van der Waals surface area contributed by atoms with Crippen LogP contribution in [0.25, 0.3) is 44.4 Å². The molecule has 7 rings (SSSR count). The van der Waals surface area contributed by atoms with Crippen LogP contribution in [0.3, 0.4) is 0 Å². The average molecular weight is 723 g/mol. The minimum atomic E-state index is -0.121. The molecule has 0 fully saturated rings. The molecule has 0 aliphatic carbocycles. The number of aryl methyl sites for hydroxylation is 4. The van der Waals surface area contributed by atoms with Gasteiger partial charge in [0, 0.05) is 34.5 Å². The van der Waals surface area contributed by atoms with Gasteiger partial charge in [0.1, 0.15) is 5.82 Å². The van der Waals surface area contributed by atoms with Crippen molar-refractivity contribution < 1.29 is 25.2 Å². The summed E-state index contributed by atoms with van der Waals surface area (Å²) in [5.74, 6) is 2.11. The standard InChI is InChI=1S/C42H40N4O.Pd/c1-9-30-19-20-43-39(21-30)45-37-16-11-10-15-35(37)36-18-17-33(25-38(36)45)47-34-23-31(42(6,7)8)22-32(24-34)46-29(5)41(28(4)44-46)40-26(2)13-12-14-27(40)3;/h10-23H,9H2,1-8H3;/q-2;+2. The van der Waals surface area contributed by atoms with E-state index in [4.69, 9.17) is 14.8 Å². The summed E-state index contributed by atoms with van der Waals surface area (Å²) in [6, 6.07) is 34.6. The molecule has 6 heteroatoms. The van der Waals surface area contributed by atoms with Crippen LogP contribution in [0.15, 0.2) is 85.1 Å². The van der Waals surface area contributed by atoms with Crippen LogP contribution in [0.5, 0.6) is 11.5 Å². The molecule has 0 spiro atoms. The molecule has 0 aliphatic heterocycles. The summed E-state index contributed by atoms with van der Waals surface area (Å²) in [6.07, 6.45) is 2.82. The summed E-state index contributed by atoms with van der Waals surface area (Å²) < 4.78 is 10.8. The zero-order chi connectivity index (χ0) is 33.0. The first kappa shape index (κ1) is 33.4. The predicted octanol–water partition coefficient (Wildman–Crippen LogP) is 10.5. The predicted molar refractivity (Wildman–Crippen MR) is 192 cm³/mol. The molecule has 0 unspecified atom stereocenters. The van der Waals surface area contributed by atoms with Gasteiger partial charge in [0.05, 0.1) is 5.69 Å². The van der Waals surface area contributed by atoms with E-state index < -0.39 is 0 Å². The fourth-order valence-corrected chi connectivity index (χ4v) is 6.67. The topological polar surface area (TPSA) is 44.9 Å². The van der Waals surface area contributed by atoms with Gasteiger partial charge in [-0.05, 0) is 91.1 Å². The van der Waals surface area contributed by atoms with Gasteiger partial charge in [-0.25, -0.2) is 4.98 Å². The third-order valence-electron chi connectivity index (χ3n) is 9.17. The van der Waals surface area contributed by atoms with Crippen molar-refractivity contribution in [3.63, 3.8) is 0 Å². The summed E-state index contributed by atoms with van der Waals surface area (Å²) in [5.41, 5.74) is 12.1. The normalized spacial score (nSPS) is 11.7. The largest absolute Gasteiger partial charge is 2.00 e. The van der Waals surface area contributed by atoms with Crippen molar-refractivity contribution in [2.75, 3.05) is 0 Å². The Morgan fingerprint density at radius 2 is 1.52 bits per heavy atom. The monoisotopic (exact) mass is 722 g/mol. The van der Waals surface area contributed by atoms with Gasteiger partial charge in [-0.3, -0.25) is 4.68 Å². The van der Waals surface area contributed by atoms with Crippen LogP contribution in [-0.2, 0) is 32.3 Å². The molecule has 7 aromatic rings. The average Bonchev–Trinajstić information content (AvgIpc) is 3.53. The minimum absolute atomic E-state index is 0. The van der Waals surface area contributed by atoms with Gasteiger partial charge in [-0.15, -0.1) is 41.3 Å². The second kappa shape index (κ2) is 12.8. The number of hydrogen-bond donors (Lipinski definition) is 0. The first-order chi connectivity index (χ1) is 22.5. The van der Waals surface area contributed by atoms with Gasteiger partial charge in [0.2, 0.25) is 0 Å². The summed E-state index contributed by atoms with van der Waals surface area (Å²) in [5, 5.41) is 7.30. The maximum atomic E-state index is 6.63. The molecule has 4 aromatic carbocycles. The number of pyridine rings is 1. The van der Waals surface area contributed by atoms with E-state index in [0.29, 0.717) is 11.5 Å². The Kier molecular flexibility index (Phi) is 8.94. The zero-order valence-electron chi connectivity index (χ0n) is 28.8. The van der Waals surface area contributed by atoms with Crippen LogP contribution in [0.1, 0.15) is 61.3 Å². The number of para-hydroxylation sites is 1. The van der Waals surface area contributed by atoms with Crippen molar-refractivity contribution in [1.82, 2.24) is 19.3 Å². The molecule has 0 aliphatic rings. The Morgan fingerprint density at radius 1 is 0.771 bits per heavy atom. The van der Waals surface area contributed by atoms with Crippen LogP contribution in [0.4, 0.5) is 0 Å². The van der Waals surface area contributed by atoms with Gasteiger partial charge in [-0.1, -0.05) is 69.6 Å². The summed E-state index contributed by atoms with van der Waals surface area (Å²) in [6.45, 7) is 17.4. The van der Waals surface area contributed by atoms with E-state index in [-0.39, 0.29) is 25.8 Å². The van der Waals surface area contributed by atoms with Crippen LogP contribution in [0.2, 0.25) is 0 Å². The van der Waals surface area contributed by atoms with E-state index in [2.05, 4.69) is 145 Å². The minimum Gasteiger partial charge on any atom is -0.509 e. The number of aromatic nitrogens is 4. The summed E-state index contributed by atoms with van der Waals surface area (Å²) in [4.78, 5) is 4.76. The van der Waals surface area contributed by atoms with E-state index in [0.717, 1.165) is 56.7 Å². The molecule has 0 bridgehead atoms. The summed E-state index contributed by atoms with van der Waals surface area (Å²) >= 11 is 0. The Labute approximate surface area is 297 Å². The van der Waals surface area contributed by atoms with E-state index >= 15 is 0 Å². The number of hydrogen-bond acceptors (Lipinski definition) is 3. The molecule has 0 atom stereocenters. The number of ether oxygens (including phenoxy) is 1. The number of benzene rings is 4. The van der Waals surface area contributed by atoms with Crippen molar-refractivity contribution in [2.45, 2.75) is 67.2 Å². The summed E-state index contributed by atoms with van der Waals surface area (Å²) in [7, 11) is 0. The molecule has 0 radical (unpaired) electrons. The molecule has 244 valence electrons. The molecule has 0 saturated carbocycles. The molecular formula is C42H40N4OPd. The fourth-order valence-electron chi connectivity index (χ4n) is 6.67. The van der Waals surface area contributed by atoms with E-state index in [1.54, 1.807) is 0 Å². The maximum absolute atomic E-state index is 6.63. The Balaban J connectivity index is 0.00000401.